The van der Waals surface area contributed by atoms with Gasteiger partial charge in [-0.25, -0.2) is 9.97 Å². The van der Waals surface area contributed by atoms with Gasteiger partial charge in [0.1, 0.15) is 16.9 Å². The van der Waals surface area contributed by atoms with Gasteiger partial charge in [0.05, 0.1) is 5.69 Å². The second-order valence-corrected chi connectivity index (χ2v) is 6.78. The van der Waals surface area contributed by atoms with Crippen molar-refractivity contribution in [1.29, 1.82) is 0 Å². The molecular weight excluding hydrogens is 262 g/mol. The van der Waals surface area contributed by atoms with Gasteiger partial charge in [-0.05, 0) is 38.5 Å². The van der Waals surface area contributed by atoms with Crippen LogP contribution in [0.3, 0.4) is 0 Å². The quantitative estimate of drug-likeness (QED) is 0.851. The summed E-state index contributed by atoms with van der Waals surface area (Å²) >= 11 is 0. The fraction of sp³-hybridized carbons (Fsp3) is 0.688. The van der Waals surface area contributed by atoms with Gasteiger partial charge in [0, 0.05) is 26.1 Å². The average molecular weight is 285 g/mol. The lowest BCUT2D eigenvalue weighted by Crippen LogP contribution is -2.35. The molecule has 112 valence electrons. The van der Waals surface area contributed by atoms with E-state index in [4.69, 9.17) is 9.97 Å². The van der Waals surface area contributed by atoms with Gasteiger partial charge in [0.25, 0.3) is 0 Å². The van der Waals surface area contributed by atoms with Crippen LogP contribution in [0.4, 0.5) is 5.82 Å². The van der Waals surface area contributed by atoms with Crippen molar-refractivity contribution in [2.24, 2.45) is 13.0 Å². The van der Waals surface area contributed by atoms with Crippen LogP contribution in [0.5, 0.6) is 0 Å². The van der Waals surface area contributed by atoms with Crippen LogP contribution in [0.25, 0.3) is 11.0 Å². The van der Waals surface area contributed by atoms with Crippen molar-refractivity contribution in [1.82, 2.24) is 19.7 Å². The van der Waals surface area contributed by atoms with Crippen molar-refractivity contribution in [3.05, 3.63) is 11.5 Å². The predicted octanol–water partition coefficient (Wildman–Crippen LogP) is 2.79. The van der Waals surface area contributed by atoms with E-state index in [0.717, 1.165) is 47.4 Å². The van der Waals surface area contributed by atoms with E-state index < -0.39 is 0 Å². The smallest absolute Gasteiger partial charge is 0.158 e. The van der Waals surface area contributed by atoms with Gasteiger partial charge >= 0.3 is 0 Å². The maximum Gasteiger partial charge on any atom is 0.158 e. The molecule has 0 spiro atoms. The zero-order valence-corrected chi connectivity index (χ0v) is 13.1. The summed E-state index contributed by atoms with van der Waals surface area (Å²) in [5, 5.41) is 4.57. The number of rotatable bonds is 2. The van der Waals surface area contributed by atoms with Crippen molar-refractivity contribution < 1.29 is 0 Å². The highest BCUT2D eigenvalue weighted by Crippen LogP contribution is 2.40. The van der Waals surface area contributed by atoms with Gasteiger partial charge in [0.2, 0.25) is 0 Å². The Bertz CT molecular complexity index is 686. The molecule has 0 amide bonds. The van der Waals surface area contributed by atoms with Crippen LogP contribution in [-0.2, 0) is 7.05 Å². The van der Waals surface area contributed by atoms with Crippen LogP contribution in [0.1, 0.15) is 50.0 Å². The molecule has 1 aliphatic heterocycles. The number of aromatic nitrogens is 4. The SMILES string of the molecule is Cc1nn(C)c2c(N3CCC[C@@H](C)C3)nc(C3CC3)nc12. The highest BCUT2D eigenvalue weighted by atomic mass is 15.3. The van der Waals surface area contributed by atoms with E-state index in [1.54, 1.807) is 0 Å². The van der Waals surface area contributed by atoms with Crippen molar-refractivity contribution in [2.75, 3.05) is 18.0 Å². The number of fused-ring (bicyclic) bond motifs is 1. The van der Waals surface area contributed by atoms with Gasteiger partial charge in [-0.2, -0.15) is 5.10 Å². The fourth-order valence-corrected chi connectivity index (χ4v) is 3.46. The number of anilines is 1. The number of nitrogens with zero attached hydrogens (tertiary/aromatic N) is 5. The Labute approximate surface area is 125 Å². The van der Waals surface area contributed by atoms with Crippen LogP contribution in [-0.4, -0.2) is 32.8 Å². The van der Waals surface area contributed by atoms with E-state index in [1.807, 2.05) is 11.7 Å². The molecule has 3 heterocycles. The molecule has 4 rings (SSSR count). The van der Waals surface area contributed by atoms with Gasteiger partial charge in [0.15, 0.2) is 5.82 Å². The molecule has 1 saturated heterocycles. The lowest BCUT2D eigenvalue weighted by atomic mass is 10.0. The molecule has 5 heteroatoms. The number of hydrogen-bond acceptors (Lipinski definition) is 4. The van der Waals surface area contributed by atoms with Gasteiger partial charge < -0.3 is 4.90 Å². The van der Waals surface area contributed by atoms with Gasteiger partial charge in [-0.1, -0.05) is 6.92 Å². The molecule has 2 aliphatic rings. The predicted molar refractivity (Wildman–Crippen MR) is 83.6 cm³/mol. The first-order valence-corrected chi connectivity index (χ1v) is 8.09. The highest BCUT2D eigenvalue weighted by Gasteiger charge is 2.30. The average Bonchev–Trinajstić information content (AvgIpc) is 3.26. The minimum Gasteiger partial charge on any atom is -0.354 e. The third-order valence-corrected chi connectivity index (χ3v) is 4.75. The molecule has 0 unspecified atom stereocenters. The monoisotopic (exact) mass is 285 g/mol. The summed E-state index contributed by atoms with van der Waals surface area (Å²) in [6.45, 7) is 6.58. The van der Waals surface area contributed by atoms with Crippen molar-refractivity contribution >= 4 is 16.9 Å². The molecule has 0 bridgehead atoms. The maximum absolute atomic E-state index is 4.95. The summed E-state index contributed by atoms with van der Waals surface area (Å²) in [6.07, 6.45) is 5.05. The zero-order valence-electron chi connectivity index (χ0n) is 13.1. The Kier molecular flexibility index (Phi) is 2.91. The Hall–Kier alpha value is -1.65. The summed E-state index contributed by atoms with van der Waals surface area (Å²) in [6, 6.07) is 0. The molecule has 2 fully saturated rings. The molecule has 1 atom stereocenters. The van der Waals surface area contributed by atoms with Crippen LogP contribution >= 0.6 is 0 Å². The molecule has 2 aromatic rings. The molecule has 5 nitrogen and oxygen atoms in total. The van der Waals surface area contributed by atoms with Crippen LogP contribution in [0, 0.1) is 12.8 Å². The normalized spacial score (nSPS) is 23.0. The summed E-state index contributed by atoms with van der Waals surface area (Å²) in [7, 11) is 2.01. The minimum atomic E-state index is 0.579. The molecule has 1 saturated carbocycles. The Morgan fingerprint density at radius 2 is 1.95 bits per heavy atom. The lowest BCUT2D eigenvalue weighted by Gasteiger charge is -2.32. The molecule has 0 radical (unpaired) electrons. The molecule has 2 aromatic heterocycles. The molecule has 21 heavy (non-hydrogen) atoms. The number of hydrogen-bond donors (Lipinski definition) is 0. The topological polar surface area (TPSA) is 46.8 Å². The van der Waals surface area contributed by atoms with Crippen molar-refractivity contribution in [2.45, 2.75) is 45.4 Å². The summed E-state index contributed by atoms with van der Waals surface area (Å²) < 4.78 is 1.95. The third-order valence-electron chi connectivity index (χ3n) is 4.75. The first-order valence-electron chi connectivity index (χ1n) is 8.09. The third kappa shape index (κ3) is 2.19. The van der Waals surface area contributed by atoms with E-state index in [9.17, 15) is 0 Å². The second-order valence-electron chi connectivity index (χ2n) is 6.78. The molecular formula is C16H23N5. The van der Waals surface area contributed by atoms with Crippen LogP contribution in [0.2, 0.25) is 0 Å². The van der Waals surface area contributed by atoms with E-state index in [-0.39, 0.29) is 0 Å². The fourth-order valence-electron chi connectivity index (χ4n) is 3.46. The van der Waals surface area contributed by atoms with E-state index in [0.29, 0.717) is 5.92 Å². The lowest BCUT2D eigenvalue weighted by molar-refractivity contribution is 0.444. The van der Waals surface area contributed by atoms with Crippen molar-refractivity contribution in [3.8, 4) is 0 Å². The Morgan fingerprint density at radius 3 is 2.67 bits per heavy atom. The van der Waals surface area contributed by atoms with E-state index in [2.05, 4.69) is 23.8 Å². The molecule has 0 N–H and O–H groups in total. The van der Waals surface area contributed by atoms with Crippen LogP contribution in [0.15, 0.2) is 0 Å². The minimum absolute atomic E-state index is 0.579. The first-order chi connectivity index (χ1) is 10.1. The maximum atomic E-state index is 4.95. The van der Waals surface area contributed by atoms with E-state index >= 15 is 0 Å². The van der Waals surface area contributed by atoms with Crippen LogP contribution < -0.4 is 4.90 Å². The Balaban J connectivity index is 1.88. The number of piperidine rings is 1. The Morgan fingerprint density at radius 1 is 1.14 bits per heavy atom. The van der Waals surface area contributed by atoms with Crippen molar-refractivity contribution in [3.63, 3.8) is 0 Å². The van der Waals surface area contributed by atoms with Gasteiger partial charge in [-0.15, -0.1) is 0 Å². The standard InChI is InChI=1S/C16H23N5/c1-10-5-4-8-21(9-10)16-14-13(11(2)19-20(14)3)17-15(18-16)12-6-7-12/h10,12H,4-9H2,1-3H3/t10-/m1/s1. The highest BCUT2D eigenvalue weighted by molar-refractivity contribution is 5.88. The largest absolute Gasteiger partial charge is 0.354 e. The molecule has 0 aromatic carbocycles. The zero-order chi connectivity index (χ0) is 14.6. The summed E-state index contributed by atoms with van der Waals surface area (Å²) in [5.41, 5.74) is 3.16. The second kappa shape index (κ2) is 4.68. The molecule has 1 aliphatic carbocycles. The first kappa shape index (κ1) is 13.0. The summed E-state index contributed by atoms with van der Waals surface area (Å²) in [4.78, 5) is 12.2. The van der Waals surface area contributed by atoms with Gasteiger partial charge in [-0.3, -0.25) is 4.68 Å². The summed E-state index contributed by atoms with van der Waals surface area (Å²) in [5.74, 6) is 3.46. The number of aryl methyl sites for hydroxylation is 2. The van der Waals surface area contributed by atoms with E-state index in [1.165, 1.54) is 25.7 Å².